The van der Waals surface area contributed by atoms with Gasteiger partial charge in [0, 0.05) is 25.0 Å². The van der Waals surface area contributed by atoms with Crippen LogP contribution in [-0.4, -0.2) is 19.6 Å². The summed E-state index contributed by atoms with van der Waals surface area (Å²) < 4.78 is 15.0. The van der Waals surface area contributed by atoms with Crippen molar-refractivity contribution >= 4 is 5.69 Å². The average molecular weight is 284 g/mol. The van der Waals surface area contributed by atoms with Gasteiger partial charge < -0.3 is 10.4 Å². The van der Waals surface area contributed by atoms with Gasteiger partial charge in [-0.25, -0.2) is 14.4 Å². The monoisotopic (exact) mass is 284 g/mol. The van der Waals surface area contributed by atoms with Gasteiger partial charge in [-0.2, -0.15) is 0 Å². The fourth-order valence-electron chi connectivity index (χ4n) is 1.98. The van der Waals surface area contributed by atoms with Crippen LogP contribution in [0.25, 0.3) is 5.82 Å². The third-order valence-corrected chi connectivity index (χ3v) is 2.96. The number of imidazole rings is 1. The van der Waals surface area contributed by atoms with E-state index < -0.39 is 5.82 Å². The van der Waals surface area contributed by atoms with Crippen LogP contribution in [0.4, 0.5) is 10.1 Å². The van der Waals surface area contributed by atoms with Gasteiger partial charge in [-0.15, -0.1) is 0 Å². The molecule has 0 spiro atoms. The highest BCUT2D eigenvalue weighted by Crippen LogP contribution is 2.16. The third-order valence-electron chi connectivity index (χ3n) is 2.96. The van der Waals surface area contributed by atoms with E-state index in [1.54, 1.807) is 23.3 Å². The summed E-state index contributed by atoms with van der Waals surface area (Å²) in [4.78, 5) is 8.27. The lowest BCUT2D eigenvalue weighted by Gasteiger charge is -2.08. The molecule has 0 bridgehead atoms. The van der Waals surface area contributed by atoms with Crippen molar-refractivity contribution in [2.45, 2.75) is 6.54 Å². The number of benzene rings is 1. The van der Waals surface area contributed by atoms with Crippen molar-refractivity contribution in [1.29, 1.82) is 0 Å². The summed E-state index contributed by atoms with van der Waals surface area (Å²) in [5.74, 6) is 0.224. The molecule has 5 nitrogen and oxygen atoms in total. The number of aromatic nitrogens is 3. The SMILES string of the molecule is Oc1cc(F)cc(CNc2ccc(-n3ccnc3)nc2)c1. The topological polar surface area (TPSA) is 63.0 Å². The molecule has 6 heteroatoms. The number of halogens is 1. The summed E-state index contributed by atoms with van der Waals surface area (Å²) in [6, 6.07) is 7.70. The van der Waals surface area contributed by atoms with Crippen LogP contribution < -0.4 is 5.32 Å². The molecule has 21 heavy (non-hydrogen) atoms. The van der Waals surface area contributed by atoms with Crippen LogP contribution in [0.15, 0.2) is 55.2 Å². The standard InChI is InChI=1S/C15H13FN4O/c16-12-5-11(6-14(21)7-12)8-18-13-1-2-15(19-9-13)20-4-3-17-10-20/h1-7,9-10,18,21H,8H2. The van der Waals surface area contributed by atoms with Gasteiger partial charge in [0.2, 0.25) is 0 Å². The normalized spacial score (nSPS) is 10.5. The second kappa shape index (κ2) is 5.62. The number of nitrogens with zero attached hydrogens (tertiary/aromatic N) is 3. The highest BCUT2D eigenvalue weighted by Gasteiger charge is 2.01. The van der Waals surface area contributed by atoms with Gasteiger partial charge in [-0.3, -0.25) is 4.57 Å². The maximum absolute atomic E-state index is 13.2. The number of pyridine rings is 1. The molecule has 1 aromatic carbocycles. The minimum Gasteiger partial charge on any atom is -0.508 e. The Morgan fingerprint density at radius 2 is 2.14 bits per heavy atom. The summed E-state index contributed by atoms with van der Waals surface area (Å²) in [6.07, 6.45) is 6.86. The number of aromatic hydroxyl groups is 1. The Hall–Kier alpha value is -2.89. The minimum atomic E-state index is -0.458. The Kier molecular flexibility index (Phi) is 3.51. The van der Waals surface area contributed by atoms with Crippen molar-refractivity contribution < 1.29 is 9.50 Å². The largest absolute Gasteiger partial charge is 0.508 e. The molecule has 0 saturated heterocycles. The first-order chi connectivity index (χ1) is 10.2. The molecule has 2 heterocycles. The van der Waals surface area contributed by atoms with E-state index >= 15 is 0 Å². The molecule has 3 aromatic rings. The number of hydrogen-bond acceptors (Lipinski definition) is 4. The smallest absolute Gasteiger partial charge is 0.137 e. The number of nitrogens with one attached hydrogen (secondary N) is 1. The van der Waals surface area contributed by atoms with Crippen LogP contribution in [-0.2, 0) is 6.54 Å². The summed E-state index contributed by atoms with van der Waals surface area (Å²) in [5, 5.41) is 12.5. The summed E-state index contributed by atoms with van der Waals surface area (Å²) in [5.41, 5.74) is 1.47. The van der Waals surface area contributed by atoms with Crippen LogP contribution >= 0.6 is 0 Å². The number of phenolic OH excluding ortho intramolecular Hbond substituents is 1. The number of phenols is 1. The molecule has 0 unspecified atom stereocenters. The molecule has 0 amide bonds. The van der Waals surface area contributed by atoms with Gasteiger partial charge in [0.1, 0.15) is 23.7 Å². The Morgan fingerprint density at radius 1 is 1.24 bits per heavy atom. The zero-order valence-corrected chi connectivity index (χ0v) is 11.1. The molecule has 0 atom stereocenters. The van der Waals surface area contributed by atoms with E-state index in [4.69, 9.17) is 0 Å². The van der Waals surface area contributed by atoms with Gasteiger partial charge >= 0.3 is 0 Å². The molecule has 0 aliphatic rings. The lowest BCUT2D eigenvalue weighted by atomic mass is 10.2. The van der Waals surface area contributed by atoms with E-state index in [0.29, 0.717) is 12.1 Å². The summed E-state index contributed by atoms with van der Waals surface area (Å²) >= 11 is 0. The van der Waals surface area contributed by atoms with Crippen molar-refractivity contribution in [2.75, 3.05) is 5.32 Å². The molecular weight excluding hydrogens is 271 g/mol. The van der Waals surface area contributed by atoms with E-state index in [9.17, 15) is 9.50 Å². The first kappa shape index (κ1) is 13.1. The zero-order valence-electron chi connectivity index (χ0n) is 11.1. The van der Waals surface area contributed by atoms with Crippen LogP contribution in [0.1, 0.15) is 5.56 Å². The average Bonchev–Trinajstić information content (AvgIpc) is 2.99. The first-order valence-electron chi connectivity index (χ1n) is 6.37. The van der Waals surface area contributed by atoms with Crippen LogP contribution in [0.2, 0.25) is 0 Å². The van der Waals surface area contributed by atoms with Gasteiger partial charge in [-0.1, -0.05) is 0 Å². The van der Waals surface area contributed by atoms with Crippen molar-refractivity contribution in [2.24, 2.45) is 0 Å². The highest BCUT2D eigenvalue weighted by molar-refractivity contribution is 5.44. The highest BCUT2D eigenvalue weighted by atomic mass is 19.1. The van der Waals surface area contributed by atoms with Crippen LogP contribution in [0.3, 0.4) is 0 Å². The molecular formula is C15H13FN4O. The lowest BCUT2D eigenvalue weighted by molar-refractivity contribution is 0.468. The molecule has 0 aliphatic carbocycles. The Labute approximate surface area is 120 Å². The van der Waals surface area contributed by atoms with E-state index in [0.717, 1.165) is 17.6 Å². The second-order valence-electron chi connectivity index (χ2n) is 4.55. The van der Waals surface area contributed by atoms with Crippen LogP contribution in [0.5, 0.6) is 5.75 Å². The molecule has 2 aromatic heterocycles. The molecule has 0 aliphatic heterocycles. The first-order valence-corrected chi connectivity index (χ1v) is 6.37. The Morgan fingerprint density at radius 3 is 2.81 bits per heavy atom. The molecule has 0 radical (unpaired) electrons. The lowest BCUT2D eigenvalue weighted by Crippen LogP contribution is -2.01. The number of rotatable bonds is 4. The predicted octanol–water partition coefficient (Wildman–Crippen LogP) is 2.72. The minimum absolute atomic E-state index is 0.0830. The maximum Gasteiger partial charge on any atom is 0.137 e. The van der Waals surface area contributed by atoms with Crippen molar-refractivity contribution in [3.63, 3.8) is 0 Å². The predicted molar refractivity (Wildman–Crippen MR) is 76.8 cm³/mol. The van der Waals surface area contributed by atoms with Crippen molar-refractivity contribution in [3.8, 4) is 11.6 Å². The second-order valence-corrected chi connectivity index (χ2v) is 4.55. The maximum atomic E-state index is 13.2. The zero-order chi connectivity index (χ0) is 14.7. The Bertz CT molecular complexity index is 706. The molecule has 2 N–H and O–H groups in total. The van der Waals surface area contributed by atoms with Gasteiger partial charge in [0.25, 0.3) is 0 Å². The van der Waals surface area contributed by atoms with E-state index in [-0.39, 0.29) is 5.75 Å². The van der Waals surface area contributed by atoms with Gasteiger partial charge in [0.05, 0.1) is 11.9 Å². The van der Waals surface area contributed by atoms with Gasteiger partial charge in [-0.05, 0) is 29.8 Å². The fraction of sp³-hybridized carbons (Fsp3) is 0.0667. The summed E-state index contributed by atoms with van der Waals surface area (Å²) in [7, 11) is 0. The van der Waals surface area contributed by atoms with E-state index in [1.807, 2.05) is 18.3 Å². The molecule has 3 rings (SSSR count). The third kappa shape index (κ3) is 3.17. The van der Waals surface area contributed by atoms with Gasteiger partial charge in [0.15, 0.2) is 0 Å². The molecule has 0 fully saturated rings. The fourth-order valence-corrected chi connectivity index (χ4v) is 1.98. The van der Waals surface area contributed by atoms with E-state index in [1.165, 1.54) is 12.1 Å². The molecule has 106 valence electrons. The Balaban J connectivity index is 1.68. The van der Waals surface area contributed by atoms with Crippen molar-refractivity contribution in [1.82, 2.24) is 14.5 Å². The number of hydrogen-bond donors (Lipinski definition) is 2. The quantitative estimate of drug-likeness (QED) is 0.773. The number of anilines is 1. The van der Waals surface area contributed by atoms with Crippen LogP contribution in [0, 0.1) is 5.82 Å². The molecule has 0 saturated carbocycles. The summed E-state index contributed by atoms with van der Waals surface area (Å²) in [6.45, 7) is 0.400. The van der Waals surface area contributed by atoms with Crippen molar-refractivity contribution in [3.05, 3.63) is 66.6 Å². The van der Waals surface area contributed by atoms with E-state index in [2.05, 4.69) is 15.3 Å².